The molecule has 0 aromatic heterocycles. The Morgan fingerprint density at radius 3 is 2.74 bits per heavy atom. The van der Waals surface area contributed by atoms with Crippen molar-refractivity contribution in [2.45, 2.75) is 6.10 Å². The average molecular weight is 266 g/mol. The van der Waals surface area contributed by atoms with Gasteiger partial charge >= 0.3 is 5.97 Å². The lowest BCUT2D eigenvalue weighted by molar-refractivity contribution is -0.139. The summed E-state index contributed by atoms with van der Waals surface area (Å²) in [4.78, 5) is 22.4. The van der Waals surface area contributed by atoms with Crippen molar-refractivity contribution in [2.24, 2.45) is 0 Å². The zero-order valence-electron chi connectivity index (χ0n) is 10.6. The first-order valence-corrected chi connectivity index (χ1v) is 5.62. The highest BCUT2D eigenvalue weighted by Gasteiger charge is 2.12. The molecule has 0 bridgehead atoms. The van der Waals surface area contributed by atoms with E-state index in [1.54, 1.807) is 18.2 Å². The Balaban J connectivity index is 2.70. The summed E-state index contributed by atoms with van der Waals surface area (Å²) in [5.74, 6) is -1.25. The van der Waals surface area contributed by atoms with Gasteiger partial charge in [-0.15, -0.1) is 0 Å². The van der Waals surface area contributed by atoms with Gasteiger partial charge in [0, 0.05) is 13.7 Å². The predicted octanol–water partition coefficient (Wildman–Crippen LogP) is 0.729. The fourth-order valence-electron chi connectivity index (χ4n) is 1.30. The number of carboxylic acid groups (broad SMARTS) is 1. The Hall–Kier alpha value is -2.08. The number of hydrogen-bond acceptors (Lipinski definition) is 4. The van der Waals surface area contributed by atoms with Crippen molar-refractivity contribution in [1.82, 2.24) is 5.32 Å². The summed E-state index contributed by atoms with van der Waals surface area (Å²) < 4.78 is 9.96. The van der Waals surface area contributed by atoms with Gasteiger partial charge in [0.1, 0.15) is 5.75 Å². The van der Waals surface area contributed by atoms with E-state index in [0.717, 1.165) is 0 Å². The number of carbonyl (C=O) groups excluding carboxylic acids is 1. The van der Waals surface area contributed by atoms with Gasteiger partial charge in [-0.2, -0.15) is 0 Å². The molecule has 1 aromatic rings. The van der Waals surface area contributed by atoms with Crippen LogP contribution in [0.4, 0.5) is 0 Å². The van der Waals surface area contributed by atoms with E-state index >= 15 is 0 Å². The number of amides is 1. The molecule has 6 heteroatoms. The average Bonchev–Trinajstić information content (AvgIpc) is 2.42. The first-order valence-electron chi connectivity index (χ1n) is 5.62. The van der Waals surface area contributed by atoms with E-state index in [-0.39, 0.29) is 29.9 Å². The van der Waals surface area contributed by atoms with E-state index in [2.05, 4.69) is 12.2 Å². The molecule has 1 rings (SSSR count). The molecule has 0 fully saturated rings. The second-order valence-electron chi connectivity index (χ2n) is 3.75. The Bertz CT molecular complexity index is 446. The van der Waals surface area contributed by atoms with Crippen LogP contribution in [0, 0.1) is 6.92 Å². The van der Waals surface area contributed by atoms with Gasteiger partial charge in [-0.1, -0.05) is 12.1 Å². The Kier molecular flexibility index (Phi) is 5.81. The normalized spacial score (nSPS) is 11.7. The molecule has 104 valence electrons. The zero-order valence-corrected chi connectivity index (χ0v) is 10.6. The Morgan fingerprint density at radius 1 is 1.42 bits per heavy atom. The number of para-hydroxylation sites is 1. The van der Waals surface area contributed by atoms with Crippen LogP contribution in [-0.4, -0.2) is 43.3 Å². The summed E-state index contributed by atoms with van der Waals surface area (Å²) in [6.07, 6.45) is -0.351. The van der Waals surface area contributed by atoms with Gasteiger partial charge in [0.05, 0.1) is 5.56 Å². The minimum Gasteiger partial charge on any atom is -0.481 e. The largest absolute Gasteiger partial charge is 0.481 e. The number of ether oxygens (including phenoxy) is 2. The smallest absolute Gasteiger partial charge is 0.341 e. The number of benzene rings is 1. The molecule has 0 radical (unpaired) electrons. The van der Waals surface area contributed by atoms with Crippen LogP contribution in [0.3, 0.4) is 0 Å². The van der Waals surface area contributed by atoms with Crippen molar-refractivity contribution in [3.05, 3.63) is 36.8 Å². The first kappa shape index (κ1) is 15.0. The highest BCUT2D eigenvalue weighted by atomic mass is 16.5. The lowest BCUT2D eigenvalue weighted by Gasteiger charge is -2.17. The van der Waals surface area contributed by atoms with E-state index in [1.165, 1.54) is 13.2 Å². The van der Waals surface area contributed by atoms with Gasteiger partial charge in [0.2, 0.25) is 0 Å². The topological polar surface area (TPSA) is 84.9 Å². The molecular weight excluding hydrogens is 250 g/mol. The van der Waals surface area contributed by atoms with Crippen molar-refractivity contribution in [3.63, 3.8) is 0 Å². The fraction of sp³-hybridized carbons (Fsp3) is 0.308. The van der Waals surface area contributed by atoms with Crippen LogP contribution in [0.15, 0.2) is 24.3 Å². The van der Waals surface area contributed by atoms with Gasteiger partial charge in [0.15, 0.2) is 6.61 Å². The van der Waals surface area contributed by atoms with Crippen molar-refractivity contribution >= 4 is 11.9 Å². The summed E-state index contributed by atoms with van der Waals surface area (Å²) in [5, 5.41) is 11.2. The number of carbonyl (C=O) groups is 2. The zero-order chi connectivity index (χ0) is 14.3. The molecule has 0 spiro atoms. The molecule has 0 aliphatic rings. The van der Waals surface area contributed by atoms with Crippen molar-refractivity contribution in [1.29, 1.82) is 0 Å². The van der Waals surface area contributed by atoms with E-state index < -0.39 is 12.6 Å². The number of rotatable bonds is 7. The van der Waals surface area contributed by atoms with Gasteiger partial charge < -0.3 is 26.8 Å². The van der Waals surface area contributed by atoms with Gasteiger partial charge in [-0.05, 0) is 18.2 Å². The highest BCUT2D eigenvalue weighted by molar-refractivity contribution is 5.97. The number of hydrogen-bond donors (Lipinski definition) is 2. The molecule has 1 aromatic carbocycles. The third-order valence-electron chi connectivity index (χ3n) is 2.31. The predicted molar refractivity (Wildman–Crippen MR) is 68.1 cm³/mol. The van der Waals surface area contributed by atoms with Crippen LogP contribution in [0.25, 0.3) is 0 Å². The van der Waals surface area contributed by atoms with Crippen LogP contribution in [0.2, 0.25) is 0 Å². The lowest BCUT2D eigenvalue weighted by Crippen LogP contribution is -2.32. The molecule has 0 saturated carbocycles. The number of carboxylic acids is 1. The molecular formula is C13H16NO5-. The fourth-order valence-corrected chi connectivity index (χ4v) is 1.30. The molecule has 6 nitrogen and oxygen atoms in total. The maximum absolute atomic E-state index is 11.9. The molecule has 1 amide bonds. The van der Waals surface area contributed by atoms with E-state index in [4.69, 9.17) is 14.6 Å². The summed E-state index contributed by atoms with van der Waals surface area (Å²) in [6, 6.07) is 6.42. The third-order valence-corrected chi connectivity index (χ3v) is 2.31. The highest BCUT2D eigenvalue weighted by Crippen LogP contribution is 2.17. The molecule has 0 aliphatic heterocycles. The standard InChI is InChI=1S/C13H16NO5/c1-9(18-2)7-14-13(17)10-5-3-4-6-11(10)19-8-12(15)16/h3-6,9H,1,7-8H2,2H3,(H,14,17)(H,15,16)/q-1/t9-/m1/s1. The summed E-state index contributed by atoms with van der Waals surface area (Å²) >= 11 is 0. The first-order chi connectivity index (χ1) is 9.04. The molecule has 0 unspecified atom stereocenters. The van der Waals surface area contributed by atoms with E-state index in [1.807, 2.05) is 0 Å². The number of nitrogens with one attached hydrogen (secondary N) is 1. The minimum atomic E-state index is -1.10. The third kappa shape index (κ3) is 4.97. The van der Waals surface area contributed by atoms with E-state index in [0.29, 0.717) is 0 Å². The quantitative estimate of drug-likeness (QED) is 0.711. The van der Waals surface area contributed by atoms with Crippen LogP contribution < -0.4 is 10.1 Å². The van der Waals surface area contributed by atoms with Crippen LogP contribution >= 0.6 is 0 Å². The Labute approximate surface area is 111 Å². The molecule has 0 heterocycles. The molecule has 2 N–H and O–H groups in total. The second kappa shape index (κ2) is 7.38. The summed E-state index contributed by atoms with van der Waals surface area (Å²) in [7, 11) is 1.49. The second-order valence-corrected chi connectivity index (χ2v) is 3.75. The van der Waals surface area contributed by atoms with Crippen LogP contribution in [0.5, 0.6) is 5.75 Å². The van der Waals surface area contributed by atoms with Gasteiger partial charge in [0.25, 0.3) is 5.91 Å². The summed E-state index contributed by atoms with van der Waals surface area (Å²) in [6.45, 7) is 3.41. The van der Waals surface area contributed by atoms with Gasteiger partial charge in [-0.3, -0.25) is 4.79 Å². The van der Waals surface area contributed by atoms with Crippen molar-refractivity contribution in [3.8, 4) is 5.75 Å². The summed E-state index contributed by atoms with van der Waals surface area (Å²) in [5.41, 5.74) is 0.270. The van der Waals surface area contributed by atoms with Crippen LogP contribution in [0.1, 0.15) is 10.4 Å². The molecule has 0 saturated heterocycles. The number of aliphatic carboxylic acids is 1. The van der Waals surface area contributed by atoms with Crippen molar-refractivity contribution < 1.29 is 24.2 Å². The molecule has 0 aliphatic carbocycles. The maximum atomic E-state index is 11.9. The SMILES string of the molecule is [CH2-][C@H](CNC(=O)c1ccccc1OCC(=O)O)OC. The van der Waals surface area contributed by atoms with Crippen LogP contribution in [-0.2, 0) is 9.53 Å². The monoisotopic (exact) mass is 266 g/mol. The van der Waals surface area contributed by atoms with E-state index in [9.17, 15) is 9.59 Å². The van der Waals surface area contributed by atoms with Crippen molar-refractivity contribution in [2.75, 3.05) is 20.3 Å². The maximum Gasteiger partial charge on any atom is 0.341 e. The number of methoxy groups -OCH3 is 1. The Morgan fingerprint density at radius 2 is 2.11 bits per heavy atom. The lowest BCUT2D eigenvalue weighted by atomic mass is 10.2. The molecule has 1 atom stereocenters. The van der Waals surface area contributed by atoms with Gasteiger partial charge in [-0.25, -0.2) is 4.79 Å². The minimum absolute atomic E-state index is 0.223. The molecule has 19 heavy (non-hydrogen) atoms.